The summed E-state index contributed by atoms with van der Waals surface area (Å²) in [5.41, 5.74) is 1.54. The fourth-order valence-corrected chi connectivity index (χ4v) is 2.16. The zero-order valence-electron chi connectivity index (χ0n) is 13.7. The quantitative estimate of drug-likeness (QED) is 0.574. The number of rotatable bonds is 7. The molecule has 2 rings (SSSR count). The summed E-state index contributed by atoms with van der Waals surface area (Å²) >= 11 is 0. The molecule has 0 aliphatic carbocycles. The van der Waals surface area contributed by atoms with Gasteiger partial charge in [0.2, 0.25) is 0 Å². The van der Waals surface area contributed by atoms with Gasteiger partial charge in [-0.2, -0.15) is 0 Å². The second kappa shape index (κ2) is 8.01. The average molecular weight is 330 g/mol. The monoisotopic (exact) mass is 330 g/mol. The van der Waals surface area contributed by atoms with Crippen LogP contribution in [0, 0.1) is 0 Å². The van der Waals surface area contributed by atoms with Gasteiger partial charge in [-0.15, -0.1) is 0 Å². The van der Waals surface area contributed by atoms with Gasteiger partial charge in [0, 0.05) is 6.07 Å². The highest BCUT2D eigenvalue weighted by Crippen LogP contribution is 2.34. The molecular weight excluding hydrogens is 312 g/mol. The van der Waals surface area contributed by atoms with Crippen LogP contribution in [0.1, 0.15) is 26.3 Å². The first-order valence-corrected chi connectivity index (χ1v) is 7.14. The molecule has 6 nitrogen and oxygen atoms in total. The molecule has 2 aromatic rings. The summed E-state index contributed by atoms with van der Waals surface area (Å²) in [7, 11) is 4.32. The Morgan fingerprint density at radius 1 is 1.00 bits per heavy atom. The maximum Gasteiger partial charge on any atom is 0.337 e. The van der Waals surface area contributed by atoms with Crippen LogP contribution in [0.25, 0.3) is 0 Å². The molecule has 0 radical (unpaired) electrons. The third kappa shape index (κ3) is 3.84. The fraction of sp³-hybridized carbons (Fsp3) is 0.222. The Labute approximate surface area is 139 Å². The number of hydrogen-bond donors (Lipinski definition) is 0. The number of aldehydes is 1. The highest BCUT2D eigenvalue weighted by molar-refractivity contribution is 5.89. The molecule has 0 fully saturated rings. The maximum atomic E-state index is 11.6. The molecule has 126 valence electrons. The molecule has 0 heterocycles. The number of ether oxygens (including phenoxy) is 4. The lowest BCUT2D eigenvalue weighted by Gasteiger charge is -2.13. The molecule has 0 saturated heterocycles. The third-order valence-electron chi connectivity index (χ3n) is 3.39. The van der Waals surface area contributed by atoms with Crippen molar-refractivity contribution in [3.05, 3.63) is 53.1 Å². The fourth-order valence-electron chi connectivity index (χ4n) is 2.16. The summed E-state index contributed by atoms with van der Waals surface area (Å²) in [6.45, 7) is 0.182. The molecule has 6 heteroatoms. The highest BCUT2D eigenvalue weighted by Gasteiger charge is 2.12. The highest BCUT2D eigenvalue weighted by atomic mass is 16.5. The molecule has 24 heavy (non-hydrogen) atoms. The molecule has 0 aliphatic heterocycles. The smallest absolute Gasteiger partial charge is 0.337 e. The topological polar surface area (TPSA) is 71.1 Å². The SMILES string of the molecule is COC(=O)c1cccc(COc2cc(OC)c(OC)cc2C=O)c1. The van der Waals surface area contributed by atoms with E-state index in [-0.39, 0.29) is 6.61 Å². The second-order valence-corrected chi connectivity index (χ2v) is 4.84. The van der Waals surface area contributed by atoms with Gasteiger partial charge >= 0.3 is 5.97 Å². The van der Waals surface area contributed by atoms with Crippen LogP contribution in [0.2, 0.25) is 0 Å². The number of benzene rings is 2. The largest absolute Gasteiger partial charge is 0.493 e. The van der Waals surface area contributed by atoms with Gasteiger partial charge < -0.3 is 18.9 Å². The van der Waals surface area contributed by atoms with Crippen LogP contribution in [0.15, 0.2) is 36.4 Å². The van der Waals surface area contributed by atoms with E-state index in [1.165, 1.54) is 21.3 Å². The van der Waals surface area contributed by atoms with Crippen LogP contribution in [-0.2, 0) is 11.3 Å². The van der Waals surface area contributed by atoms with Crippen molar-refractivity contribution in [2.24, 2.45) is 0 Å². The van der Waals surface area contributed by atoms with Crippen LogP contribution < -0.4 is 14.2 Å². The van der Waals surface area contributed by atoms with Gasteiger partial charge in [-0.1, -0.05) is 12.1 Å². The number of hydrogen-bond acceptors (Lipinski definition) is 6. The van der Waals surface area contributed by atoms with Gasteiger partial charge in [-0.05, 0) is 23.8 Å². The Hall–Kier alpha value is -3.02. The second-order valence-electron chi connectivity index (χ2n) is 4.84. The Bertz CT molecular complexity index is 738. The first kappa shape index (κ1) is 17.3. The molecule has 0 aliphatic rings. The van der Waals surface area contributed by atoms with Gasteiger partial charge in [-0.3, -0.25) is 4.79 Å². The number of carbonyl (C=O) groups excluding carboxylic acids is 2. The predicted octanol–water partition coefficient (Wildman–Crippen LogP) is 2.88. The molecule has 0 aromatic heterocycles. The van der Waals surface area contributed by atoms with Crippen molar-refractivity contribution in [3.63, 3.8) is 0 Å². The van der Waals surface area contributed by atoms with E-state index in [2.05, 4.69) is 4.74 Å². The standard InChI is InChI=1S/C18H18O6/c1-21-16-8-14(10-19)15(9-17(16)22-2)24-11-12-5-4-6-13(7-12)18(20)23-3/h4-10H,11H2,1-3H3. The van der Waals surface area contributed by atoms with Crippen LogP contribution in [0.3, 0.4) is 0 Å². The number of esters is 1. The van der Waals surface area contributed by atoms with Crippen LogP contribution in [-0.4, -0.2) is 33.6 Å². The Morgan fingerprint density at radius 2 is 1.71 bits per heavy atom. The summed E-state index contributed by atoms with van der Waals surface area (Å²) in [6, 6.07) is 10.0. The van der Waals surface area contributed by atoms with Crippen LogP contribution in [0.5, 0.6) is 17.2 Å². The average Bonchev–Trinajstić information content (AvgIpc) is 2.64. The molecule has 0 atom stereocenters. The number of methoxy groups -OCH3 is 3. The maximum absolute atomic E-state index is 11.6. The molecule has 0 N–H and O–H groups in total. The third-order valence-corrected chi connectivity index (χ3v) is 3.39. The predicted molar refractivity (Wildman–Crippen MR) is 87.0 cm³/mol. The summed E-state index contributed by atoms with van der Waals surface area (Å²) in [4.78, 5) is 22.8. The first-order valence-electron chi connectivity index (χ1n) is 7.14. The lowest BCUT2D eigenvalue weighted by Crippen LogP contribution is -2.04. The molecule has 0 bridgehead atoms. The zero-order valence-corrected chi connectivity index (χ0v) is 13.7. The van der Waals surface area contributed by atoms with Crippen molar-refractivity contribution >= 4 is 12.3 Å². The van der Waals surface area contributed by atoms with E-state index in [1.54, 1.807) is 30.3 Å². The van der Waals surface area contributed by atoms with Crippen molar-refractivity contribution in [1.82, 2.24) is 0 Å². The van der Waals surface area contributed by atoms with Crippen molar-refractivity contribution in [1.29, 1.82) is 0 Å². The van der Waals surface area contributed by atoms with E-state index in [9.17, 15) is 9.59 Å². The van der Waals surface area contributed by atoms with Crippen molar-refractivity contribution in [3.8, 4) is 17.2 Å². The van der Waals surface area contributed by atoms with Gasteiger partial charge in [0.1, 0.15) is 12.4 Å². The van der Waals surface area contributed by atoms with Crippen molar-refractivity contribution < 1.29 is 28.5 Å². The van der Waals surface area contributed by atoms with E-state index < -0.39 is 5.97 Å². The molecular formula is C18H18O6. The molecule has 0 saturated carbocycles. The van der Waals surface area contributed by atoms with Crippen molar-refractivity contribution in [2.75, 3.05) is 21.3 Å². The Kier molecular flexibility index (Phi) is 5.78. The zero-order chi connectivity index (χ0) is 17.5. The minimum atomic E-state index is -0.420. The summed E-state index contributed by atoms with van der Waals surface area (Å²) < 4.78 is 20.8. The Morgan fingerprint density at radius 3 is 2.33 bits per heavy atom. The van der Waals surface area contributed by atoms with Gasteiger partial charge in [0.25, 0.3) is 0 Å². The normalized spacial score (nSPS) is 9.96. The lowest BCUT2D eigenvalue weighted by atomic mass is 10.1. The van der Waals surface area contributed by atoms with Crippen LogP contribution >= 0.6 is 0 Å². The summed E-state index contributed by atoms with van der Waals surface area (Å²) in [5.74, 6) is 0.851. The summed E-state index contributed by atoms with van der Waals surface area (Å²) in [5, 5.41) is 0. The molecule has 0 amide bonds. The van der Waals surface area contributed by atoms with E-state index in [0.717, 1.165) is 5.56 Å². The van der Waals surface area contributed by atoms with Crippen LogP contribution in [0.4, 0.5) is 0 Å². The van der Waals surface area contributed by atoms with Gasteiger partial charge in [0.15, 0.2) is 17.8 Å². The van der Waals surface area contributed by atoms with E-state index in [1.807, 2.05) is 6.07 Å². The summed E-state index contributed by atoms with van der Waals surface area (Å²) in [6.07, 6.45) is 0.683. The van der Waals surface area contributed by atoms with Crippen molar-refractivity contribution in [2.45, 2.75) is 6.61 Å². The molecule has 0 unspecified atom stereocenters. The van der Waals surface area contributed by atoms with E-state index in [4.69, 9.17) is 14.2 Å². The van der Waals surface area contributed by atoms with Gasteiger partial charge in [-0.25, -0.2) is 4.79 Å². The minimum Gasteiger partial charge on any atom is -0.493 e. The first-order chi connectivity index (χ1) is 11.6. The lowest BCUT2D eigenvalue weighted by molar-refractivity contribution is 0.0600. The van der Waals surface area contributed by atoms with E-state index in [0.29, 0.717) is 34.7 Å². The van der Waals surface area contributed by atoms with E-state index >= 15 is 0 Å². The molecule has 2 aromatic carbocycles. The number of carbonyl (C=O) groups is 2. The minimum absolute atomic E-state index is 0.182. The van der Waals surface area contributed by atoms with Gasteiger partial charge in [0.05, 0.1) is 32.5 Å². The molecule has 0 spiro atoms. The Balaban J connectivity index is 2.22.